The highest BCUT2D eigenvalue weighted by Gasteiger charge is 2.22. The summed E-state index contributed by atoms with van der Waals surface area (Å²) in [6.07, 6.45) is 79.5. The van der Waals surface area contributed by atoms with E-state index in [1.807, 2.05) is 0 Å². The first-order chi connectivity index (χ1) is 35.1. The molecular formula is C68H138O3. The van der Waals surface area contributed by atoms with Crippen LogP contribution in [0.3, 0.4) is 0 Å². The molecule has 0 rings (SSSR count). The van der Waals surface area contributed by atoms with E-state index in [0.717, 1.165) is 51.4 Å². The summed E-state index contributed by atoms with van der Waals surface area (Å²) in [6.45, 7) is 9.23. The van der Waals surface area contributed by atoms with Gasteiger partial charge < -0.3 is 14.9 Å². The van der Waals surface area contributed by atoms with Crippen LogP contribution in [0.5, 0.6) is 0 Å². The van der Waals surface area contributed by atoms with Gasteiger partial charge in [0.25, 0.3) is 0 Å². The number of aliphatic hydroxyl groups excluding tert-OH is 2. The normalized spacial score (nSPS) is 13.6. The molecule has 71 heavy (non-hydrogen) atoms. The quantitative estimate of drug-likeness (QED) is 0.0597. The second kappa shape index (κ2) is 62.4. The predicted molar refractivity (Wildman–Crippen MR) is 320 cm³/mol. The third-order valence-corrected chi connectivity index (χ3v) is 16.5. The molecule has 0 aromatic rings. The maximum Gasteiger partial charge on any atom is 0.0603 e. The number of unbranched alkanes of at least 4 members (excludes halogenated alkanes) is 50. The molecule has 0 aliphatic heterocycles. The molecule has 0 spiro atoms. The van der Waals surface area contributed by atoms with Crippen LogP contribution >= 0.6 is 0 Å². The summed E-state index contributed by atoms with van der Waals surface area (Å²) < 4.78 is 7.14. The van der Waals surface area contributed by atoms with Gasteiger partial charge >= 0.3 is 0 Å². The Bertz CT molecular complexity index is 850. The second-order valence-electron chi connectivity index (χ2n) is 24.0. The Balaban J connectivity index is 5.08. The zero-order chi connectivity index (χ0) is 51.4. The van der Waals surface area contributed by atoms with Crippen LogP contribution in [0.4, 0.5) is 0 Å². The Morgan fingerprint density at radius 1 is 0.197 bits per heavy atom. The van der Waals surface area contributed by atoms with Gasteiger partial charge in [0.15, 0.2) is 0 Å². The van der Waals surface area contributed by atoms with E-state index in [2.05, 4.69) is 27.7 Å². The lowest BCUT2D eigenvalue weighted by molar-refractivity contribution is -0.0636. The van der Waals surface area contributed by atoms with Gasteiger partial charge in [0, 0.05) is 0 Å². The van der Waals surface area contributed by atoms with Crippen LogP contribution in [-0.4, -0.2) is 34.6 Å². The van der Waals surface area contributed by atoms with Gasteiger partial charge in [0.1, 0.15) is 0 Å². The molecule has 0 heterocycles. The SMILES string of the molecule is CCCCCCCCCCCCCCCCCC(CC(O)CCCCCCCCCCCCCC)OC(CCCCCCCCCCCCCCCCC)CC(O)CCCCCCCCCCCCCC. The van der Waals surface area contributed by atoms with E-state index in [9.17, 15) is 10.2 Å². The Kier molecular flexibility index (Phi) is 62.3. The number of ether oxygens (including phenoxy) is 1. The predicted octanol–water partition coefficient (Wildman–Crippen LogP) is 23.9. The fourth-order valence-electron chi connectivity index (χ4n) is 11.5. The van der Waals surface area contributed by atoms with Crippen molar-refractivity contribution in [3.8, 4) is 0 Å². The number of rotatable bonds is 64. The first kappa shape index (κ1) is 70.9. The van der Waals surface area contributed by atoms with E-state index >= 15 is 0 Å². The zero-order valence-electron chi connectivity index (χ0n) is 50.0. The first-order valence-corrected chi connectivity index (χ1v) is 34.1. The topological polar surface area (TPSA) is 49.7 Å². The summed E-state index contributed by atoms with van der Waals surface area (Å²) in [6, 6.07) is 0. The van der Waals surface area contributed by atoms with Crippen LogP contribution in [-0.2, 0) is 4.74 Å². The number of aliphatic hydroxyl groups is 2. The molecule has 0 radical (unpaired) electrons. The molecule has 0 amide bonds. The molecule has 3 heteroatoms. The van der Waals surface area contributed by atoms with Crippen molar-refractivity contribution in [3.63, 3.8) is 0 Å². The van der Waals surface area contributed by atoms with E-state index in [1.165, 1.54) is 334 Å². The second-order valence-corrected chi connectivity index (χ2v) is 24.0. The molecular weight excluding hydrogens is 865 g/mol. The van der Waals surface area contributed by atoms with Crippen LogP contribution in [0.15, 0.2) is 0 Å². The smallest absolute Gasteiger partial charge is 0.0603 e. The van der Waals surface area contributed by atoms with Crippen molar-refractivity contribution >= 4 is 0 Å². The third-order valence-electron chi connectivity index (χ3n) is 16.5. The minimum atomic E-state index is -0.267. The van der Waals surface area contributed by atoms with Crippen LogP contribution < -0.4 is 0 Å². The fraction of sp³-hybridized carbons (Fsp3) is 1.00. The molecule has 428 valence electrons. The van der Waals surface area contributed by atoms with Gasteiger partial charge in [-0.05, 0) is 38.5 Å². The van der Waals surface area contributed by atoms with Crippen molar-refractivity contribution in [1.29, 1.82) is 0 Å². The molecule has 0 fully saturated rings. The van der Waals surface area contributed by atoms with Crippen LogP contribution in [0.1, 0.15) is 413 Å². The lowest BCUT2D eigenvalue weighted by atomic mass is 9.97. The summed E-state index contributed by atoms with van der Waals surface area (Å²) in [5, 5.41) is 22.9. The van der Waals surface area contributed by atoms with E-state index in [-0.39, 0.29) is 24.4 Å². The van der Waals surface area contributed by atoms with Crippen molar-refractivity contribution in [2.45, 2.75) is 437 Å². The maximum absolute atomic E-state index is 11.5. The largest absolute Gasteiger partial charge is 0.393 e. The van der Waals surface area contributed by atoms with Gasteiger partial charge in [-0.15, -0.1) is 0 Å². The van der Waals surface area contributed by atoms with Crippen molar-refractivity contribution in [2.24, 2.45) is 0 Å². The highest BCUT2D eigenvalue weighted by Crippen LogP contribution is 2.25. The molecule has 0 saturated carbocycles. The fourth-order valence-corrected chi connectivity index (χ4v) is 11.5. The molecule has 3 nitrogen and oxygen atoms in total. The molecule has 4 atom stereocenters. The molecule has 4 unspecified atom stereocenters. The van der Waals surface area contributed by atoms with Crippen LogP contribution in [0.25, 0.3) is 0 Å². The number of hydrogen-bond donors (Lipinski definition) is 2. The summed E-state index contributed by atoms with van der Waals surface area (Å²) >= 11 is 0. The lowest BCUT2D eigenvalue weighted by Gasteiger charge is -2.28. The average molecular weight is 1000 g/mol. The molecule has 0 aliphatic carbocycles. The van der Waals surface area contributed by atoms with Gasteiger partial charge in [-0.3, -0.25) is 0 Å². The average Bonchev–Trinajstić information content (AvgIpc) is 3.36. The Labute approximate surface area is 450 Å². The van der Waals surface area contributed by atoms with Gasteiger partial charge in [-0.2, -0.15) is 0 Å². The molecule has 0 aromatic heterocycles. The molecule has 2 N–H and O–H groups in total. The van der Waals surface area contributed by atoms with Crippen molar-refractivity contribution in [1.82, 2.24) is 0 Å². The summed E-state index contributed by atoms with van der Waals surface area (Å²) in [5.74, 6) is 0. The van der Waals surface area contributed by atoms with Crippen LogP contribution in [0, 0.1) is 0 Å². The van der Waals surface area contributed by atoms with Gasteiger partial charge in [-0.25, -0.2) is 0 Å². The van der Waals surface area contributed by atoms with Gasteiger partial charge in [0.2, 0.25) is 0 Å². The van der Waals surface area contributed by atoms with E-state index in [0.29, 0.717) is 0 Å². The monoisotopic (exact) mass is 1000 g/mol. The molecule has 0 aromatic carbocycles. The van der Waals surface area contributed by atoms with E-state index in [1.54, 1.807) is 0 Å². The summed E-state index contributed by atoms with van der Waals surface area (Å²) in [5.41, 5.74) is 0. The van der Waals surface area contributed by atoms with Crippen molar-refractivity contribution in [3.05, 3.63) is 0 Å². The minimum absolute atomic E-state index is 0.115. The Morgan fingerprint density at radius 3 is 0.507 bits per heavy atom. The number of hydrogen-bond acceptors (Lipinski definition) is 3. The zero-order valence-corrected chi connectivity index (χ0v) is 50.0. The molecule has 0 saturated heterocycles. The van der Waals surface area contributed by atoms with E-state index < -0.39 is 0 Å². The highest BCUT2D eigenvalue weighted by atomic mass is 16.5. The van der Waals surface area contributed by atoms with Gasteiger partial charge in [-0.1, -0.05) is 374 Å². The van der Waals surface area contributed by atoms with Gasteiger partial charge in [0.05, 0.1) is 24.4 Å². The first-order valence-electron chi connectivity index (χ1n) is 34.1. The van der Waals surface area contributed by atoms with E-state index in [4.69, 9.17) is 4.74 Å². The van der Waals surface area contributed by atoms with Crippen molar-refractivity contribution in [2.75, 3.05) is 0 Å². The standard InChI is InChI=1S/C68H138O3/c1-5-9-13-17-21-25-29-33-35-37-41-45-49-53-57-61-67(63-65(69)59-55-51-47-43-39-31-27-23-19-15-11-7-3)71-68(62-58-54-50-46-42-38-36-34-30-26-22-18-14-10-6-2)64-66(70)60-56-52-48-44-40-32-28-24-20-16-12-8-4/h65-70H,5-64H2,1-4H3. The Morgan fingerprint density at radius 2 is 0.338 bits per heavy atom. The molecule has 0 bridgehead atoms. The Hall–Kier alpha value is -0.120. The summed E-state index contributed by atoms with van der Waals surface area (Å²) in [7, 11) is 0. The lowest BCUT2D eigenvalue weighted by Crippen LogP contribution is -2.29. The molecule has 0 aliphatic rings. The van der Waals surface area contributed by atoms with Crippen molar-refractivity contribution < 1.29 is 14.9 Å². The highest BCUT2D eigenvalue weighted by molar-refractivity contribution is 4.73. The summed E-state index contributed by atoms with van der Waals surface area (Å²) in [4.78, 5) is 0. The minimum Gasteiger partial charge on any atom is -0.393 e. The maximum atomic E-state index is 11.5. The third kappa shape index (κ3) is 59.0. The van der Waals surface area contributed by atoms with Crippen LogP contribution in [0.2, 0.25) is 0 Å².